The van der Waals surface area contributed by atoms with Crippen LogP contribution in [0.15, 0.2) is 48.5 Å². The van der Waals surface area contributed by atoms with Gasteiger partial charge in [-0.3, -0.25) is 4.79 Å². The molecular formula is C20H24ClN3O2. The third-order valence-electron chi connectivity index (χ3n) is 4.18. The van der Waals surface area contributed by atoms with Crippen molar-refractivity contribution in [3.05, 3.63) is 70.2 Å². The lowest BCUT2D eigenvalue weighted by atomic mass is 9.96. The Hall–Kier alpha value is -2.53. The van der Waals surface area contributed by atoms with E-state index >= 15 is 0 Å². The summed E-state index contributed by atoms with van der Waals surface area (Å²) >= 11 is 5.95. The molecule has 0 spiro atoms. The summed E-state index contributed by atoms with van der Waals surface area (Å²) in [5.41, 5.74) is 7.61. The molecular weight excluding hydrogens is 350 g/mol. The Morgan fingerprint density at radius 1 is 1.08 bits per heavy atom. The Balaban J connectivity index is 2.03. The van der Waals surface area contributed by atoms with Crippen LogP contribution >= 0.6 is 11.6 Å². The number of carbonyl (C=O) groups excluding carboxylic acids is 2. The number of hydrogen-bond acceptors (Lipinski definition) is 2. The molecule has 0 aliphatic heterocycles. The van der Waals surface area contributed by atoms with Crippen LogP contribution in [0.3, 0.4) is 0 Å². The minimum Gasteiger partial charge on any atom is -0.366 e. The predicted molar refractivity (Wildman–Crippen MR) is 104 cm³/mol. The van der Waals surface area contributed by atoms with E-state index in [4.69, 9.17) is 17.3 Å². The van der Waals surface area contributed by atoms with Crippen LogP contribution < -0.4 is 11.1 Å². The molecule has 0 heterocycles. The van der Waals surface area contributed by atoms with Crippen molar-refractivity contribution in [1.82, 2.24) is 10.2 Å². The van der Waals surface area contributed by atoms with Crippen LogP contribution in [0.25, 0.3) is 0 Å². The number of amides is 3. The number of nitrogens with zero attached hydrogens (tertiary/aromatic N) is 1. The highest BCUT2D eigenvalue weighted by atomic mass is 35.5. The zero-order valence-electron chi connectivity index (χ0n) is 15.2. The molecule has 0 radical (unpaired) electrons. The van der Waals surface area contributed by atoms with Gasteiger partial charge in [0, 0.05) is 24.2 Å². The third kappa shape index (κ3) is 5.23. The summed E-state index contributed by atoms with van der Waals surface area (Å²) in [6.45, 7) is 4.54. The summed E-state index contributed by atoms with van der Waals surface area (Å²) in [4.78, 5) is 25.3. The van der Waals surface area contributed by atoms with Gasteiger partial charge in [0.1, 0.15) is 0 Å². The van der Waals surface area contributed by atoms with E-state index in [1.165, 1.54) is 0 Å². The molecule has 3 amide bonds. The first kappa shape index (κ1) is 19.8. The van der Waals surface area contributed by atoms with Gasteiger partial charge >= 0.3 is 6.03 Å². The van der Waals surface area contributed by atoms with Gasteiger partial charge in [0.15, 0.2) is 0 Å². The van der Waals surface area contributed by atoms with Crippen LogP contribution in [0.5, 0.6) is 0 Å². The molecule has 1 atom stereocenters. The molecule has 138 valence electrons. The number of urea groups is 1. The largest absolute Gasteiger partial charge is 0.366 e. The van der Waals surface area contributed by atoms with E-state index in [9.17, 15) is 9.59 Å². The fraction of sp³-hybridized carbons (Fsp3) is 0.300. The second-order valence-corrected chi connectivity index (χ2v) is 7.08. The van der Waals surface area contributed by atoms with Crippen molar-refractivity contribution in [2.24, 2.45) is 11.7 Å². The zero-order chi connectivity index (χ0) is 19.3. The van der Waals surface area contributed by atoms with Gasteiger partial charge in [-0.05, 0) is 41.3 Å². The highest BCUT2D eigenvalue weighted by Gasteiger charge is 2.20. The van der Waals surface area contributed by atoms with E-state index in [1.807, 2.05) is 24.3 Å². The fourth-order valence-corrected chi connectivity index (χ4v) is 2.79. The molecule has 0 aromatic heterocycles. The van der Waals surface area contributed by atoms with Crippen molar-refractivity contribution in [3.8, 4) is 0 Å². The van der Waals surface area contributed by atoms with Crippen LogP contribution in [0.1, 0.15) is 41.4 Å². The van der Waals surface area contributed by atoms with Crippen LogP contribution in [0.4, 0.5) is 4.79 Å². The SMILES string of the molecule is CC(C)[C@@H](NC(=O)N(C)Cc1ccc(C(N)=O)cc1)c1ccc(Cl)cc1. The lowest BCUT2D eigenvalue weighted by molar-refractivity contribution is 0.1000. The number of carbonyl (C=O) groups is 2. The van der Waals surface area contributed by atoms with Crippen molar-refractivity contribution in [1.29, 1.82) is 0 Å². The van der Waals surface area contributed by atoms with Gasteiger partial charge in [-0.2, -0.15) is 0 Å². The summed E-state index contributed by atoms with van der Waals surface area (Å²) in [5, 5.41) is 3.74. The Morgan fingerprint density at radius 3 is 2.15 bits per heavy atom. The smallest absolute Gasteiger partial charge is 0.317 e. The van der Waals surface area contributed by atoms with Crippen molar-refractivity contribution in [3.63, 3.8) is 0 Å². The molecule has 2 aromatic rings. The normalized spacial score (nSPS) is 11.9. The number of rotatable bonds is 6. The molecule has 6 heteroatoms. The van der Waals surface area contributed by atoms with Gasteiger partial charge in [-0.25, -0.2) is 4.79 Å². The lowest BCUT2D eigenvalue weighted by Gasteiger charge is -2.26. The number of nitrogens with one attached hydrogen (secondary N) is 1. The maximum atomic E-state index is 12.6. The Kier molecular flexibility index (Phi) is 6.64. The molecule has 3 N–H and O–H groups in total. The van der Waals surface area contributed by atoms with E-state index in [0.29, 0.717) is 17.1 Å². The van der Waals surface area contributed by atoms with Crippen LogP contribution in [-0.2, 0) is 6.54 Å². The molecule has 0 fully saturated rings. The summed E-state index contributed by atoms with van der Waals surface area (Å²) in [6.07, 6.45) is 0. The predicted octanol–water partition coefficient (Wildman–Crippen LogP) is 3.98. The maximum absolute atomic E-state index is 12.6. The van der Waals surface area contributed by atoms with E-state index in [2.05, 4.69) is 19.2 Å². The monoisotopic (exact) mass is 373 g/mol. The van der Waals surface area contributed by atoms with Crippen LogP contribution in [0.2, 0.25) is 5.02 Å². The quantitative estimate of drug-likeness (QED) is 0.803. The Morgan fingerprint density at radius 2 is 1.65 bits per heavy atom. The van der Waals surface area contributed by atoms with Gasteiger partial charge in [0.2, 0.25) is 5.91 Å². The maximum Gasteiger partial charge on any atom is 0.317 e. The summed E-state index contributed by atoms with van der Waals surface area (Å²) in [5.74, 6) is -0.242. The standard InChI is InChI=1S/C20H24ClN3O2/c1-13(2)18(15-8-10-17(21)11-9-15)23-20(26)24(3)12-14-4-6-16(7-5-14)19(22)25/h4-11,13,18H,12H2,1-3H3,(H2,22,25)(H,23,26)/t18-/m1/s1. The first-order valence-electron chi connectivity index (χ1n) is 8.43. The molecule has 26 heavy (non-hydrogen) atoms. The van der Waals surface area contributed by atoms with Crippen molar-refractivity contribution in [2.45, 2.75) is 26.4 Å². The second-order valence-electron chi connectivity index (χ2n) is 6.64. The molecule has 0 aliphatic rings. The molecule has 0 aliphatic carbocycles. The molecule has 2 aromatic carbocycles. The van der Waals surface area contributed by atoms with Crippen molar-refractivity contribution in [2.75, 3.05) is 7.05 Å². The summed E-state index contributed by atoms with van der Waals surface area (Å²) in [7, 11) is 1.73. The second kappa shape index (κ2) is 8.72. The molecule has 0 saturated heterocycles. The number of nitrogens with two attached hydrogens (primary N) is 1. The fourth-order valence-electron chi connectivity index (χ4n) is 2.67. The summed E-state index contributed by atoms with van der Waals surface area (Å²) < 4.78 is 0. The number of primary amides is 1. The number of benzene rings is 2. The van der Waals surface area contributed by atoms with E-state index in [-0.39, 0.29) is 18.0 Å². The molecule has 0 saturated carbocycles. The molecule has 5 nitrogen and oxygen atoms in total. The Bertz CT molecular complexity index is 758. The van der Waals surface area contributed by atoms with Crippen LogP contribution in [0, 0.1) is 5.92 Å². The topological polar surface area (TPSA) is 75.4 Å². The number of hydrogen-bond donors (Lipinski definition) is 2. The zero-order valence-corrected chi connectivity index (χ0v) is 16.0. The highest BCUT2D eigenvalue weighted by Crippen LogP contribution is 2.23. The highest BCUT2D eigenvalue weighted by molar-refractivity contribution is 6.30. The number of halogens is 1. The van der Waals surface area contributed by atoms with E-state index < -0.39 is 5.91 Å². The lowest BCUT2D eigenvalue weighted by Crippen LogP contribution is -2.40. The van der Waals surface area contributed by atoms with Crippen LogP contribution in [-0.4, -0.2) is 23.9 Å². The van der Waals surface area contributed by atoms with Gasteiger partial charge in [0.25, 0.3) is 0 Å². The molecule has 0 bridgehead atoms. The van der Waals surface area contributed by atoms with Crippen molar-refractivity contribution < 1.29 is 9.59 Å². The summed E-state index contributed by atoms with van der Waals surface area (Å²) in [6, 6.07) is 14.1. The average Bonchev–Trinajstić information content (AvgIpc) is 2.60. The average molecular weight is 374 g/mol. The van der Waals surface area contributed by atoms with E-state index in [1.54, 1.807) is 36.2 Å². The minimum atomic E-state index is -0.467. The van der Waals surface area contributed by atoms with Gasteiger partial charge in [0.05, 0.1) is 6.04 Å². The third-order valence-corrected chi connectivity index (χ3v) is 4.43. The Labute approximate surface area is 159 Å². The van der Waals surface area contributed by atoms with Gasteiger partial charge < -0.3 is 16.0 Å². The van der Waals surface area contributed by atoms with Crippen molar-refractivity contribution >= 4 is 23.5 Å². The van der Waals surface area contributed by atoms with Gasteiger partial charge in [-0.1, -0.05) is 49.7 Å². The molecule has 2 rings (SSSR count). The van der Waals surface area contributed by atoms with E-state index in [0.717, 1.165) is 11.1 Å². The first-order valence-corrected chi connectivity index (χ1v) is 8.81. The first-order chi connectivity index (χ1) is 12.3. The minimum absolute atomic E-state index is 0.112. The van der Waals surface area contributed by atoms with Gasteiger partial charge in [-0.15, -0.1) is 0 Å². The molecule has 0 unspecified atom stereocenters.